The van der Waals surface area contributed by atoms with Crippen molar-refractivity contribution in [3.63, 3.8) is 0 Å². The first-order valence-electron chi connectivity index (χ1n) is 5.73. The van der Waals surface area contributed by atoms with E-state index in [2.05, 4.69) is 24.8 Å². The lowest BCUT2D eigenvalue weighted by molar-refractivity contribution is 0.260. The zero-order chi connectivity index (χ0) is 10.8. The van der Waals surface area contributed by atoms with Gasteiger partial charge in [0.25, 0.3) is 0 Å². The molecule has 1 atom stereocenters. The third-order valence-corrected chi connectivity index (χ3v) is 4.45. The summed E-state index contributed by atoms with van der Waals surface area (Å²) in [7, 11) is 0. The highest BCUT2D eigenvalue weighted by Gasteiger charge is 2.21. The maximum Gasteiger partial charge on any atom is 0.0274 e. The smallest absolute Gasteiger partial charge is 0.0274 e. The number of aryl methyl sites for hydroxylation is 1. The van der Waals surface area contributed by atoms with Crippen LogP contribution in [0.2, 0.25) is 0 Å². The molecule has 2 nitrogen and oxygen atoms in total. The lowest BCUT2D eigenvalue weighted by Gasteiger charge is -2.20. The largest absolute Gasteiger partial charge is 0.326 e. The number of rotatable bonds is 3. The van der Waals surface area contributed by atoms with Gasteiger partial charge in [0.15, 0.2) is 0 Å². The summed E-state index contributed by atoms with van der Waals surface area (Å²) in [5, 5.41) is 0. The molecule has 1 saturated heterocycles. The fourth-order valence-electron chi connectivity index (χ4n) is 2.29. The molecule has 0 amide bonds. The van der Waals surface area contributed by atoms with E-state index >= 15 is 0 Å². The molecule has 0 radical (unpaired) electrons. The Labute approximate surface area is 96.1 Å². The van der Waals surface area contributed by atoms with Gasteiger partial charge >= 0.3 is 0 Å². The third kappa shape index (κ3) is 2.41. The van der Waals surface area contributed by atoms with Crippen LogP contribution in [0, 0.1) is 6.92 Å². The van der Waals surface area contributed by atoms with Crippen LogP contribution in [0.1, 0.15) is 35.1 Å². The average molecular weight is 224 g/mol. The second-order valence-corrected chi connectivity index (χ2v) is 5.80. The Kier molecular flexibility index (Phi) is 3.44. The molecule has 1 unspecified atom stereocenters. The molecule has 1 aromatic heterocycles. The summed E-state index contributed by atoms with van der Waals surface area (Å²) in [5.74, 6) is 0. The van der Waals surface area contributed by atoms with Crippen LogP contribution in [0.5, 0.6) is 0 Å². The molecule has 2 rings (SSSR count). The Hall–Kier alpha value is -0.380. The number of nitrogens with two attached hydrogens (primary N) is 1. The van der Waals surface area contributed by atoms with Crippen molar-refractivity contribution < 1.29 is 0 Å². The van der Waals surface area contributed by atoms with Crippen LogP contribution in [0.15, 0.2) is 6.07 Å². The van der Waals surface area contributed by atoms with Gasteiger partial charge in [-0.25, -0.2) is 0 Å². The summed E-state index contributed by atoms with van der Waals surface area (Å²) in [6.45, 7) is 7.59. The van der Waals surface area contributed by atoms with E-state index in [1.165, 1.54) is 34.7 Å². The van der Waals surface area contributed by atoms with Crippen LogP contribution < -0.4 is 5.73 Å². The van der Waals surface area contributed by atoms with E-state index < -0.39 is 0 Å². The van der Waals surface area contributed by atoms with Crippen molar-refractivity contribution in [2.45, 2.75) is 45.8 Å². The summed E-state index contributed by atoms with van der Waals surface area (Å²) in [6, 6.07) is 3.04. The summed E-state index contributed by atoms with van der Waals surface area (Å²) >= 11 is 1.85. The van der Waals surface area contributed by atoms with Crippen molar-refractivity contribution in [3.05, 3.63) is 21.4 Å². The normalized spacial score (nSPS) is 22.5. The Bertz CT molecular complexity index is 332. The van der Waals surface area contributed by atoms with E-state index in [9.17, 15) is 0 Å². The van der Waals surface area contributed by atoms with Gasteiger partial charge < -0.3 is 5.73 Å². The molecule has 1 aromatic rings. The van der Waals surface area contributed by atoms with Gasteiger partial charge in [0.2, 0.25) is 0 Å². The molecule has 2 N–H and O–H groups in total. The summed E-state index contributed by atoms with van der Waals surface area (Å²) in [5.41, 5.74) is 7.15. The lowest BCUT2D eigenvalue weighted by atomic mass is 10.2. The van der Waals surface area contributed by atoms with Crippen LogP contribution in [-0.4, -0.2) is 17.5 Å². The highest BCUT2D eigenvalue weighted by Crippen LogP contribution is 2.25. The molecule has 0 bridgehead atoms. The zero-order valence-corrected chi connectivity index (χ0v) is 10.4. The zero-order valence-electron chi connectivity index (χ0n) is 9.62. The SMILES string of the molecule is Cc1sc(CN)cc1CN1CCCC1C. The molecule has 0 saturated carbocycles. The highest BCUT2D eigenvalue weighted by atomic mass is 32.1. The van der Waals surface area contributed by atoms with Crippen LogP contribution in [-0.2, 0) is 13.1 Å². The fraction of sp³-hybridized carbons (Fsp3) is 0.667. The Morgan fingerprint density at radius 3 is 2.93 bits per heavy atom. The van der Waals surface area contributed by atoms with Crippen LogP contribution in [0.3, 0.4) is 0 Å². The van der Waals surface area contributed by atoms with E-state index in [1.807, 2.05) is 11.3 Å². The van der Waals surface area contributed by atoms with Gasteiger partial charge in [-0.3, -0.25) is 4.90 Å². The first-order valence-corrected chi connectivity index (χ1v) is 6.54. The van der Waals surface area contributed by atoms with Crippen molar-refractivity contribution in [2.24, 2.45) is 5.73 Å². The summed E-state index contributed by atoms with van der Waals surface area (Å²) in [6.07, 6.45) is 2.71. The maximum atomic E-state index is 5.66. The molecular weight excluding hydrogens is 204 g/mol. The van der Waals surface area contributed by atoms with Gasteiger partial charge in [-0.1, -0.05) is 0 Å². The van der Waals surface area contributed by atoms with Crippen molar-refractivity contribution in [1.29, 1.82) is 0 Å². The second kappa shape index (κ2) is 4.64. The van der Waals surface area contributed by atoms with Gasteiger partial charge in [0.05, 0.1) is 0 Å². The van der Waals surface area contributed by atoms with Crippen LogP contribution >= 0.6 is 11.3 Å². The van der Waals surface area contributed by atoms with Gasteiger partial charge in [0, 0.05) is 28.9 Å². The van der Waals surface area contributed by atoms with Gasteiger partial charge in [-0.15, -0.1) is 11.3 Å². The monoisotopic (exact) mass is 224 g/mol. The third-order valence-electron chi connectivity index (χ3n) is 3.34. The Morgan fingerprint density at radius 1 is 1.60 bits per heavy atom. The minimum atomic E-state index is 0.682. The standard InChI is InChI=1S/C12H20N2S/c1-9-4-3-5-14(9)8-11-6-12(7-13)15-10(11)2/h6,9H,3-5,7-8,13H2,1-2H3. The average Bonchev–Trinajstić information content (AvgIpc) is 2.76. The number of nitrogens with zero attached hydrogens (tertiary/aromatic N) is 1. The molecule has 15 heavy (non-hydrogen) atoms. The van der Waals surface area contributed by atoms with Gasteiger partial charge in [-0.05, 0) is 44.9 Å². The van der Waals surface area contributed by atoms with Gasteiger partial charge in [0.1, 0.15) is 0 Å². The number of likely N-dealkylation sites (tertiary alicyclic amines) is 1. The van der Waals surface area contributed by atoms with Crippen LogP contribution in [0.4, 0.5) is 0 Å². The lowest BCUT2D eigenvalue weighted by Crippen LogP contribution is -2.26. The van der Waals surface area contributed by atoms with E-state index in [0.29, 0.717) is 6.54 Å². The van der Waals surface area contributed by atoms with E-state index in [1.54, 1.807) is 0 Å². The molecule has 0 aromatic carbocycles. The Balaban J connectivity index is 2.06. The first kappa shape index (κ1) is 11.1. The quantitative estimate of drug-likeness (QED) is 0.854. The number of thiophene rings is 1. The molecule has 0 aliphatic carbocycles. The van der Waals surface area contributed by atoms with Crippen LogP contribution in [0.25, 0.3) is 0 Å². The first-order chi connectivity index (χ1) is 7.20. The minimum absolute atomic E-state index is 0.682. The topological polar surface area (TPSA) is 29.3 Å². The summed E-state index contributed by atoms with van der Waals surface area (Å²) in [4.78, 5) is 5.33. The molecule has 1 aliphatic rings. The highest BCUT2D eigenvalue weighted by molar-refractivity contribution is 7.12. The van der Waals surface area contributed by atoms with E-state index in [4.69, 9.17) is 5.73 Å². The molecule has 1 aliphatic heterocycles. The molecular formula is C12H20N2S. The predicted molar refractivity (Wildman–Crippen MR) is 66.1 cm³/mol. The van der Waals surface area contributed by atoms with Gasteiger partial charge in [-0.2, -0.15) is 0 Å². The molecule has 84 valence electrons. The van der Waals surface area contributed by atoms with E-state index in [-0.39, 0.29) is 0 Å². The molecule has 2 heterocycles. The van der Waals surface area contributed by atoms with E-state index in [0.717, 1.165) is 12.6 Å². The Morgan fingerprint density at radius 2 is 2.40 bits per heavy atom. The number of hydrogen-bond donors (Lipinski definition) is 1. The van der Waals surface area contributed by atoms with Crippen molar-refractivity contribution >= 4 is 11.3 Å². The van der Waals surface area contributed by atoms with Crippen molar-refractivity contribution in [1.82, 2.24) is 4.90 Å². The second-order valence-electron chi connectivity index (χ2n) is 4.46. The molecule has 0 spiro atoms. The minimum Gasteiger partial charge on any atom is -0.326 e. The maximum absolute atomic E-state index is 5.66. The number of hydrogen-bond acceptors (Lipinski definition) is 3. The molecule has 1 fully saturated rings. The fourth-order valence-corrected chi connectivity index (χ4v) is 3.22. The van der Waals surface area contributed by atoms with Crippen molar-refractivity contribution in [2.75, 3.05) is 6.54 Å². The molecule has 3 heteroatoms. The summed E-state index contributed by atoms with van der Waals surface area (Å²) < 4.78 is 0. The predicted octanol–water partition coefficient (Wildman–Crippen LogP) is 2.50. The van der Waals surface area contributed by atoms with Crippen molar-refractivity contribution in [3.8, 4) is 0 Å².